The van der Waals surface area contributed by atoms with Gasteiger partial charge in [0, 0.05) is 17.5 Å². The number of benzene rings is 1. The van der Waals surface area contributed by atoms with Crippen molar-refractivity contribution in [2.24, 2.45) is 5.92 Å². The van der Waals surface area contributed by atoms with E-state index in [0.29, 0.717) is 22.9 Å². The molecule has 0 aliphatic heterocycles. The van der Waals surface area contributed by atoms with Gasteiger partial charge in [-0.25, -0.2) is 0 Å². The summed E-state index contributed by atoms with van der Waals surface area (Å²) in [5.74, 6) is 0.680. The molecule has 0 radical (unpaired) electrons. The molecule has 3 nitrogen and oxygen atoms in total. The van der Waals surface area contributed by atoms with Crippen LogP contribution in [0.15, 0.2) is 24.3 Å². The predicted octanol–water partition coefficient (Wildman–Crippen LogP) is 2.94. The largest absolute Gasteiger partial charge is 0.348 e. The van der Waals surface area contributed by atoms with Crippen molar-refractivity contribution in [1.82, 2.24) is 5.32 Å². The van der Waals surface area contributed by atoms with Crippen molar-refractivity contribution in [3.63, 3.8) is 0 Å². The lowest BCUT2D eigenvalue weighted by molar-refractivity contribution is 0.0936. The average Bonchev–Trinajstić information content (AvgIpc) is 2.37. The van der Waals surface area contributed by atoms with Gasteiger partial charge in [0.15, 0.2) is 0 Å². The number of halogens is 1. The molecule has 0 fully saturated rings. The summed E-state index contributed by atoms with van der Waals surface area (Å²) in [6.07, 6.45) is 0.840. The van der Waals surface area contributed by atoms with E-state index in [0.717, 1.165) is 6.42 Å². The maximum Gasteiger partial charge on any atom is 0.251 e. The number of alkyl halides is 1. The lowest BCUT2D eigenvalue weighted by Crippen LogP contribution is -2.37. The molecule has 0 saturated heterocycles. The van der Waals surface area contributed by atoms with Gasteiger partial charge in [0.2, 0.25) is 0 Å². The summed E-state index contributed by atoms with van der Waals surface area (Å²) in [5, 5.41) is 11.7. The van der Waals surface area contributed by atoms with Crippen molar-refractivity contribution in [1.29, 1.82) is 5.26 Å². The highest BCUT2D eigenvalue weighted by Gasteiger charge is 2.14. The first-order valence-corrected chi connectivity index (χ1v) is 6.47. The Labute approximate surface area is 113 Å². The van der Waals surface area contributed by atoms with Gasteiger partial charge in [-0.1, -0.05) is 19.9 Å². The van der Waals surface area contributed by atoms with Crippen LogP contribution >= 0.6 is 11.6 Å². The molecule has 0 aliphatic carbocycles. The molecule has 96 valence electrons. The van der Waals surface area contributed by atoms with Gasteiger partial charge in [0.05, 0.1) is 11.6 Å². The third kappa shape index (κ3) is 4.38. The van der Waals surface area contributed by atoms with E-state index in [9.17, 15) is 4.79 Å². The molecule has 0 heterocycles. The van der Waals surface area contributed by atoms with E-state index in [1.807, 2.05) is 6.07 Å². The molecule has 1 rings (SSSR count). The van der Waals surface area contributed by atoms with Gasteiger partial charge >= 0.3 is 0 Å². The Bertz CT molecular complexity index is 451. The summed E-state index contributed by atoms with van der Waals surface area (Å²) in [6.45, 7) is 4.17. The van der Waals surface area contributed by atoms with Crippen molar-refractivity contribution in [3.8, 4) is 6.07 Å². The minimum atomic E-state index is -0.182. The van der Waals surface area contributed by atoms with Crippen LogP contribution in [0, 0.1) is 17.2 Å². The van der Waals surface area contributed by atoms with Crippen LogP contribution in [0.1, 0.15) is 36.2 Å². The highest BCUT2D eigenvalue weighted by atomic mass is 35.5. The van der Waals surface area contributed by atoms with Crippen molar-refractivity contribution < 1.29 is 4.79 Å². The van der Waals surface area contributed by atoms with Gasteiger partial charge in [-0.15, -0.1) is 11.6 Å². The summed E-state index contributed by atoms with van der Waals surface area (Å²) in [4.78, 5) is 12.0. The summed E-state index contributed by atoms with van der Waals surface area (Å²) in [7, 11) is 0. The monoisotopic (exact) mass is 264 g/mol. The Kier molecular flexibility index (Phi) is 5.67. The van der Waals surface area contributed by atoms with E-state index >= 15 is 0 Å². The molecule has 1 aromatic rings. The number of nitrogens with zero attached hydrogens (tertiary/aromatic N) is 1. The molecule has 1 amide bonds. The number of carbonyl (C=O) groups excluding carboxylic acids is 1. The van der Waals surface area contributed by atoms with E-state index in [1.54, 1.807) is 24.3 Å². The quantitative estimate of drug-likeness (QED) is 0.832. The van der Waals surface area contributed by atoms with Gasteiger partial charge in [-0.2, -0.15) is 5.26 Å². The number of carbonyl (C=O) groups is 1. The van der Waals surface area contributed by atoms with Crippen LogP contribution in [0.2, 0.25) is 0 Å². The second-order valence-electron chi connectivity index (χ2n) is 4.65. The second-order valence-corrected chi connectivity index (χ2v) is 4.96. The van der Waals surface area contributed by atoms with Gasteiger partial charge in [-0.3, -0.25) is 4.79 Å². The first kappa shape index (κ1) is 14.5. The Hall–Kier alpha value is -1.53. The van der Waals surface area contributed by atoms with Crippen LogP contribution < -0.4 is 5.32 Å². The summed E-state index contributed by atoms with van der Waals surface area (Å²) in [5.41, 5.74) is 0.974. The van der Waals surface area contributed by atoms with Gasteiger partial charge in [0.1, 0.15) is 0 Å². The molecule has 1 aromatic carbocycles. The van der Waals surface area contributed by atoms with Crippen LogP contribution in [0.3, 0.4) is 0 Å². The van der Waals surface area contributed by atoms with Gasteiger partial charge in [-0.05, 0) is 30.5 Å². The van der Waals surface area contributed by atoms with E-state index in [4.69, 9.17) is 16.9 Å². The third-order valence-corrected chi connectivity index (χ3v) is 2.90. The van der Waals surface area contributed by atoms with E-state index in [2.05, 4.69) is 19.2 Å². The number of rotatable bonds is 5. The zero-order valence-corrected chi connectivity index (χ0v) is 11.4. The molecule has 0 saturated carbocycles. The fourth-order valence-electron chi connectivity index (χ4n) is 1.73. The standard InChI is InChI=1S/C14H17ClN2O/c1-10(2)6-13(8-15)17-14(18)12-5-3-4-11(7-12)9-16/h3-5,7,10,13H,6,8H2,1-2H3,(H,17,18). The van der Waals surface area contributed by atoms with Crippen molar-refractivity contribution in [2.45, 2.75) is 26.3 Å². The molecule has 1 unspecified atom stereocenters. The number of nitrogens with one attached hydrogen (secondary N) is 1. The van der Waals surface area contributed by atoms with Crippen LogP contribution in [0.5, 0.6) is 0 Å². The zero-order valence-electron chi connectivity index (χ0n) is 10.6. The predicted molar refractivity (Wildman–Crippen MR) is 72.6 cm³/mol. The minimum absolute atomic E-state index is 0.0371. The Morgan fingerprint density at radius 3 is 2.78 bits per heavy atom. The average molecular weight is 265 g/mol. The summed E-state index contributed by atoms with van der Waals surface area (Å²) >= 11 is 5.83. The molecule has 18 heavy (non-hydrogen) atoms. The maximum absolute atomic E-state index is 12.0. The lowest BCUT2D eigenvalue weighted by Gasteiger charge is -2.18. The topological polar surface area (TPSA) is 52.9 Å². The molecule has 1 atom stereocenters. The summed E-state index contributed by atoms with van der Waals surface area (Å²) < 4.78 is 0. The molecular weight excluding hydrogens is 248 g/mol. The Balaban J connectivity index is 2.72. The molecule has 4 heteroatoms. The van der Waals surface area contributed by atoms with E-state index < -0.39 is 0 Å². The second kappa shape index (κ2) is 7.03. The van der Waals surface area contributed by atoms with Gasteiger partial charge < -0.3 is 5.32 Å². The number of nitriles is 1. The summed E-state index contributed by atoms with van der Waals surface area (Å²) in [6, 6.07) is 8.62. The number of amides is 1. The van der Waals surface area contributed by atoms with Crippen LogP contribution in [-0.4, -0.2) is 17.8 Å². The number of hydrogen-bond donors (Lipinski definition) is 1. The van der Waals surface area contributed by atoms with Crippen LogP contribution in [-0.2, 0) is 0 Å². The SMILES string of the molecule is CC(C)CC(CCl)NC(=O)c1cccc(C#N)c1. The third-order valence-electron chi connectivity index (χ3n) is 2.53. The fraction of sp³-hybridized carbons (Fsp3) is 0.429. The number of hydrogen-bond acceptors (Lipinski definition) is 2. The molecule has 1 N–H and O–H groups in total. The first-order valence-electron chi connectivity index (χ1n) is 5.93. The fourth-order valence-corrected chi connectivity index (χ4v) is 1.93. The Morgan fingerprint density at radius 2 is 2.22 bits per heavy atom. The molecule has 0 bridgehead atoms. The lowest BCUT2D eigenvalue weighted by atomic mass is 10.0. The van der Waals surface area contributed by atoms with E-state index in [-0.39, 0.29) is 11.9 Å². The first-order chi connectivity index (χ1) is 8.56. The minimum Gasteiger partial charge on any atom is -0.348 e. The molecule has 0 aliphatic rings. The van der Waals surface area contributed by atoms with Crippen LogP contribution in [0.25, 0.3) is 0 Å². The van der Waals surface area contributed by atoms with Crippen molar-refractivity contribution >= 4 is 17.5 Å². The van der Waals surface area contributed by atoms with Gasteiger partial charge in [0.25, 0.3) is 5.91 Å². The van der Waals surface area contributed by atoms with Crippen molar-refractivity contribution in [3.05, 3.63) is 35.4 Å². The van der Waals surface area contributed by atoms with Crippen LogP contribution in [0.4, 0.5) is 0 Å². The Morgan fingerprint density at radius 1 is 1.50 bits per heavy atom. The van der Waals surface area contributed by atoms with E-state index in [1.165, 1.54) is 0 Å². The molecular formula is C14H17ClN2O. The van der Waals surface area contributed by atoms with Crippen molar-refractivity contribution in [2.75, 3.05) is 5.88 Å². The smallest absolute Gasteiger partial charge is 0.251 e. The highest BCUT2D eigenvalue weighted by Crippen LogP contribution is 2.09. The normalized spacial score (nSPS) is 11.9. The zero-order chi connectivity index (χ0) is 13.5. The highest BCUT2D eigenvalue weighted by molar-refractivity contribution is 6.18. The molecule has 0 aromatic heterocycles. The molecule has 0 spiro atoms. The maximum atomic E-state index is 12.0.